The topological polar surface area (TPSA) is 29.0 Å². The Labute approximate surface area is 90.1 Å². The number of anilines is 1. The maximum Gasteiger partial charge on any atom is 0.267 e. The SMILES string of the molecule is FC1(F)CCN(c2nnc(C3CC3)s2)C1. The highest BCUT2D eigenvalue weighted by Gasteiger charge is 2.40. The fraction of sp³-hybridized carbons (Fsp3) is 0.778. The van der Waals surface area contributed by atoms with Gasteiger partial charge in [0.2, 0.25) is 5.13 Å². The van der Waals surface area contributed by atoms with Crippen molar-refractivity contribution in [3.63, 3.8) is 0 Å². The Kier molecular flexibility index (Phi) is 1.95. The second kappa shape index (κ2) is 3.10. The molecule has 1 aliphatic carbocycles. The molecule has 0 aromatic carbocycles. The van der Waals surface area contributed by atoms with Gasteiger partial charge in [0.25, 0.3) is 5.92 Å². The molecule has 1 saturated carbocycles. The van der Waals surface area contributed by atoms with Gasteiger partial charge in [-0.1, -0.05) is 11.3 Å². The third-order valence-corrected chi connectivity index (χ3v) is 3.94. The third-order valence-electron chi connectivity index (χ3n) is 2.80. The van der Waals surface area contributed by atoms with Crippen molar-refractivity contribution in [3.8, 4) is 0 Å². The second-order valence-corrected chi connectivity index (χ2v) is 5.21. The van der Waals surface area contributed by atoms with Gasteiger partial charge in [0, 0.05) is 18.9 Å². The van der Waals surface area contributed by atoms with Gasteiger partial charge in [-0.25, -0.2) is 8.78 Å². The van der Waals surface area contributed by atoms with Crippen LogP contribution in [0.15, 0.2) is 0 Å². The van der Waals surface area contributed by atoms with Crippen LogP contribution >= 0.6 is 11.3 Å². The van der Waals surface area contributed by atoms with Crippen molar-refractivity contribution in [2.45, 2.75) is 31.1 Å². The van der Waals surface area contributed by atoms with E-state index >= 15 is 0 Å². The Bertz CT molecular complexity index is 375. The quantitative estimate of drug-likeness (QED) is 0.781. The highest BCUT2D eigenvalue weighted by molar-refractivity contribution is 7.15. The number of hydrogen-bond acceptors (Lipinski definition) is 4. The van der Waals surface area contributed by atoms with E-state index in [1.807, 2.05) is 0 Å². The maximum atomic E-state index is 13.0. The van der Waals surface area contributed by atoms with Crippen LogP contribution in [0.3, 0.4) is 0 Å². The summed E-state index contributed by atoms with van der Waals surface area (Å²) in [6, 6.07) is 0. The molecule has 0 N–H and O–H groups in total. The van der Waals surface area contributed by atoms with E-state index in [1.54, 1.807) is 4.90 Å². The molecular formula is C9H11F2N3S. The monoisotopic (exact) mass is 231 g/mol. The molecular weight excluding hydrogens is 220 g/mol. The van der Waals surface area contributed by atoms with Gasteiger partial charge in [0.15, 0.2) is 0 Å². The van der Waals surface area contributed by atoms with Crippen LogP contribution in [0.25, 0.3) is 0 Å². The number of hydrogen-bond donors (Lipinski definition) is 0. The van der Waals surface area contributed by atoms with E-state index in [1.165, 1.54) is 24.2 Å². The molecule has 0 spiro atoms. The molecule has 3 rings (SSSR count). The number of halogens is 2. The van der Waals surface area contributed by atoms with Gasteiger partial charge < -0.3 is 4.90 Å². The van der Waals surface area contributed by atoms with Gasteiger partial charge in [0.1, 0.15) is 5.01 Å². The van der Waals surface area contributed by atoms with E-state index in [0.717, 1.165) is 5.01 Å². The largest absolute Gasteiger partial charge is 0.340 e. The highest BCUT2D eigenvalue weighted by Crippen LogP contribution is 2.43. The van der Waals surface area contributed by atoms with Crippen molar-refractivity contribution in [2.24, 2.45) is 0 Å². The molecule has 1 saturated heterocycles. The first kappa shape index (κ1) is 9.45. The second-order valence-electron chi connectivity index (χ2n) is 4.22. The average molecular weight is 231 g/mol. The van der Waals surface area contributed by atoms with Gasteiger partial charge >= 0.3 is 0 Å². The first-order valence-corrected chi connectivity index (χ1v) is 5.92. The van der Waals surface area contributed by atoms with Crippen LogP contribution in [0.4, 0.5) is 13.9 Å². The van der Waals surface area contributed by atoms with E-state index in [2.05, 4.69) is 10.2 Å². The van der Waals surface area contributed by atoms with E-state index < -0.39 is 5.92 Å². The molecule has 15 heavy (non-hydrogen) atoms. The third kappa shape index (κ3) is 1.82. The zero-order valence-electron chi connectivity index (χ0n) is 8.12. The van der Waals surface area contributed by atoms with Crippen molar-refractivity contribution in [1.82, 2.24) is 10.2 Å². The van der Waals surface area contributed by atoms with E-state index in [-0.39, 0.29) is 13.0 Å². The summed E-state index contributed by atoms with van der Waals surface area (Å²) in [4.78, 5) is 1.64. The average Bonchev–Trinajstić information content (AvgIpc) is 2.79. The Hall–Kier alpha value is -0.780. The van der Waals surface area contributed by atoms with Crippen molar-refractivity contribution in [3.05, 3.63) is 5.01 Å². The summed E-state index contributed by atoms with van der Waals surface area (Å²) in [5.74, 6) is -2.00. The van der Waals surface area contributed by atoms with Gasteiger partial charge in [-0.15, -0.1) is 10.2 Å². The number of nitrogens with zero attached hydrogens (tertiary/aromatic N) is 3. The van der Waals surface area contributed by atoms with Crippen molar-refractivity contribution in [1.29, 1.82) is 0 Å². The summed E-state index contributed by atoms with van der Waals surface area (Å²) in [5, 5.41) is 9.71. The first-order valence-electron chi connectivity index (χ1n) is 5.10. The van der Waals surface area contributed by atoms with Crippen LogP contribution in [0.5, 0.6) is 0 Å². The Morgan fingerprint density at radius 3 is 2.73 bits per heavy atom. The molecule has 6 heteroatoms. The summed E-state index contributed by atoms with van der Waals surface area (Å²) < 4.78 is 25.9. The van der Waals surface area contributed by atoms with E-state index in [4.69, 9.17) is 0 Å². The van der Waals surface area contributed by atoms with Crippen LogP contribution in [0.1, 0.15) is 30.2 Å². The van der Waals surface area contributed by atoms with Crippen molar-refractivity contribution in [2.75, 3.05) is 18.0 Å². The molecule has 0 unspecified atom stereocenters. The smallest absolute Gasteiger partial charge is 0.267 e. The molecule has 0 amide bonds. The predicted molar refractivity (Wildman–Crippen MR) is 53.7 cm³/mol. The molecule has 0 atom stereocenters. The van der Waals surface area contributed by atoms with Gasteiger partial charge in [0.05, 0.1) is 6.54 Å². The fourth-order valence-electron chi connectivity index (χ4n) is 1.75. The zero-order chi connectivity index (χ0) is 10.5. The Balaban J connectivity index is 1.75. The lowest BCUT2D eigenvalue weighted by Gasteiger charge is -2.12. The highest BCUT2D eigenvalue weighted by atomic mass is 32.1. The summed E-state index contributed by atoms with van der Waals surface area (Å²) >= 11 is 1.47. The standard InChI is InChI=1S/C9H11F2N3S/c10-9(11)3-4-14(5-9)8-13-12-7(15-8)6-1-2-6/h6H,1-5H2. The molecule has 2 fully saturated rings. The number of rotatable bonds is 2. The lowest BCUT2D eigenvalue weighted by molar-refractivity contribution is 0.0257. The van der Waals surface area contributed by atoms with Crippen LogP contribution < -0.4 is 4.90 Å². The van der Waals surface area contributed by atoms with Crippen LogP contribution in [-0.4, -0.2) is 29.2 Å². The minimum absolute atomic E-state index is 0.0641. The molecule has 1 aromatic heterocycles. The number of alkyl halides is 2. The lowest BCUT2D eigenvalue weighted by Crippen LogP contribution is -2.24. The normalized spacial score (nSPS) is 24.8. The molecule has 1 aliphatic heterocycles. The van der Waals surface area contributed by atoms with Crippen LogP contribution in [-0.2, 0) is 0 Å². The maximum absolute atomic E-state index is 13.0. The summed E-state index contributed by atoms with van der Waals surface area (Å²) in [7, 11) is 0. The summed E-state index contributed by atoms with van der Waals surface area (Å²) in [5.41, 5.74) is 0. The molecule has 0 bridgehead atoms. The van der Waals surface area contributed by atoms with Gasteiger partial charge in [-0.3, -0.25) is 0 Å². The minimum atomic E-state index is -2.55. The van der Waals surface area contributed by atoms with Crippen LogP contribution in [0.2, 0.25) is 0 Å². The van der Waals surface area contributed by atoms with E-state index in [0.29, 0.717) is 17.6 Å². The van der Waals surface area contributed by atoms with Crippen molar-refractivity contribution >= 4 is 16.5 Å². The Morgan fingerprint density at radius 1 is 1.33 bits per heavy atom. The predicted octanol–water partition coefficient (Wildman–Crippen LogP) is 2.26. The molecule has 0 radical (unpaired) electrons. The summed E-state index contributed by atoms with van der Waals surface area (Å²) in [6.45, 7) is 0.193. The lowest BCUT2D eigenvalue weighted by atomic mass is 10.3. The zero-order valence-corrected chi connectivity index (χ0v) is 8.94. The molecule has 2 aliphatic rings. The molecule has 2 heterocycles. The minimum Gasteiger partial charge on any atom is -0.340 e. The fourth-order valence-corrected chi connectivity index (χ4v) is 2.79. The Morgan fingerprint density at radius 2 is 2.13 bits per heavy atom. The van der Waals surface area contributed by atoms with Crippen LogP contribution in [0, 0.1) is 0 Å². The molecule has 3 nitrogen and oxygen atoms in total. The van der Waals surface area contributed by atoms with Crippen molar-refractivity contribution < 1.29 is 8.78 Å². The van der Waals surface area contributed by atoms with E-state index in [9.17, 15) is 8.78 Å². The number of aromatic nitrogens is 2. The molecule has 82 valence electrons. The first-order chi connectivity index (χ1) is 7.14. The molecule has 1 aromatic rings. The summed E-state index contributed by atoms with van der Waals surface area (Å²) in [6.07, 6.45) is 2.28. The van der Waals surface area contributed by atoms with Gasteiger partial charge in [-0.2, -0.15) is 0 Å². The van der Waals surface area contributed by atoms with Gasteiger partial charge in [-0.05, 0) is 12.8 Å².